The fraction of sp³-hybridized carbons (Fsp3) is 0.348. The van der Waals surface area contributed by atoms with Crippen molar-refractivity contribution in [2.45, 2.75) is 25.4 Å². The molecule has 3 aromatic rings. The van der Waals surface area contributed by atoms with E-state index in [0.717, 1.165) is 36.8 Å². The Labute approximate surface area is 165 Å². The zero-order valence-electron chi connectivity index (χ0n) is 15.9. The van der Waals surface area contributed by atoms with E-state index in [0.29, 0.717) is 19.3 Å². The van der Waals surface area contributed by atoms with Crippen molar-refractivity contribution in [1.29, 1.82) is 0 Å². The summed E-state index contributed by atoms with van der Waals surface area (Å²) in [5.74, 6) is 1.68. The Kier molecular flexibility index (Phi) is 4.75. The monoisotopic (exact) mass is 375 g/mol. The molecular weight excluding hydrogens is 350 g/mol. The number of nitrogens with zero attached hydrogens (tertiary/aromatic N) is 2. The van der Waals surface area contributed by atoms with E-state index in [2.05, 4.69) is 51.6 Å². The highest BCUT2D eigenvalue weighted by molar-refractivity contribution is 5.84. The first-order valence-electron chi connectivity index (χ1n) is 10.1. The summed E-state index contributed by atoms with van der Waals surface area (Å²) in [6.45, 7) is 4.40. The lowest BCUT2D eigenvalue weighted by Gasteiger charge is -2.34. The minimum absolute atomic E-state index is 0.438. The van der Waals surface area contributed by atoms with E-state index in [1.165, 1.54) is 29.2 Å². The van der Waals surface area contributed by atoms with Crippen LogP contribution in [-0.4, -0.2) is 42.2 Å². The van der Waals surface area contributed by atoms with Crippen LogP contribution in [0.3, 0.4) is 0 Å². The summed E-state index contributed by atoms with van der Waals surface area (Å²) in [7, 11) is 0. The van der Waals surface area contributed by atoms with Gasteiger partial charge in [0.2, 0.25) is 0 Å². The predicted molar refractivity (Wildman–Crippen MR) is 111 cm³/mol. The van der Waals surface area contributed by atoms with Crippen molar-refractivity contribution >= 4 is 16.5 Å². The minimum atomic E-state index is 0.438. The van der Waals surface area contributed by atoms with Crippen LogP contribution >= 0.6 is 0 Å². The summed E-state index contributed by atoms with van der Waals surface area (Å²) >= 11 is 0. The number of nitrogens with one attached hydrogen (secondary N) is 1. The van der Waals surface area contributed by atoms with Gasteiger partial charge in [-0.15, -0.1) is 0 Å². The molecule has 3 heterocycles. The van der Waals surface area contributed by atoms with Crippen molar-refractivity contribution in [3.8, 4) is 11.5 Å². The number of anilines is 1. The van der Waals surface area contributed by atoms with Crippen LogP contribution in [0.4, 0.5) is 5.69 Å². The van der Waals surface area contributed by atoms with E-state index < -0.39 is 0 Å². The molecule has 0 saturated carbocycles. The molecule has 0 aliphatic carbocycles. The second kappa shape index (κ2) is 7.68. The highest BCUT2D eigenvalue weighted by Crippen LogP contribution is 2.33. The van der Waals surface area contributed by atoms with Crippen molar-refractivity contribution in [3.63, 3.8) is 0 Å². The number of hydrogen-bond donors (Lipinski definition) is 1. The number of benzene rings is 2. The molecule has 2 aliphatic heterocycles. The van der Waals surface area contributed by atoms with Gasteiger partial charge in [0.25, 0.3) is 0 Å². The van der Waals surface area contributed by atoms with Gasteiger partial charge in [0, 0.05) is 48.7 Å². The zero-order chi connectivity index (χ0) is 18.8. The molecule has 28 heavy (non-hydrogen) atoms. The van der Waals surface area contributed by atoms with Crippen LogP contribution in [0.15, 0.2) is 54.9 Å². The van der Waals surface area contributed by atoms with Crippen LogP contribution in [-0.2, 0) is 6.54 Å². The third-order valence-corrected chi connectivity index (χ3v) is 5.58. The van der Waals surface area contributed by atoms with Gasteiger partial charge < -0.3 is 14.8 Å². The summed E-state index contributed by atoms with van der Waals surface area (Å²) in [5.41, 5.74) is 2.48. The average Bonchev–Trinajstić information content (AvgIpc) is 2.74. The largest absolute Gasteiger partial charge is 0.486 e. The highest BCUT2D eigenvalue weighted by Gasteiger charge is 2.21. The Morgan fingerprint density at radius 3 is 2.96 bits per heavy atom. The molecule has 1 atom stereocenters. The molecule has 2 aliphatic rings. The molecule has 1 saturated heterocycles. The molecule has 0 amide bonds. The molecule has 1 N–H and O–H groups in total. The second-order valence-electron chi connectivity index (χ2n) is 7.59. The molecule has 0 spiro atoms. The average molecular weight is 375 g/mol. The lowest BCUT2D eigenvalue weighted by atomic mass is 10.0. The van der Waals surface area contributed by atoms with E-state index >= 15 is 0 Å². The van der Waals surface area contributed by atoms with Gasteiger partial charge in [-0.25, -0.2) is 0 Å². The van der Waals surface area contributed by atoms with E-state index in [4.69, 9.17) is 9.47 Å². The van der Waals surface area contributed by atoms with Gasteiger partial charge in [-0.3, -0.25) is 9.88 Å². The minimum Gasteiger partial charge on any atom is -0.486 e. The van der Waals surface area contributed by atoms with Crippen molar-refractivity contribution in [3.05, 3.63) is 60.4 Å². The number of ether oxygens (including phenoxy) is 2. The molecular formula is C23H25N3O2. The molecule has 2 aromatic carbocycles. The smallest absolute Gasteiger partial charge is 0.163 e. The van der Waals surface area contributed by atoms with Gasteiger partial charge in [-0.1, -0.05) is 18.2 Å². The Morgan fingerprint density at radius 2 is 2.00 bits per heavy atom. The molecule has 1 fully saturated rings. The Hall–Kier alpha value is -2.79. The maximum absolute atomic E-state index is 5.71. The first-order valence-corrected chi connectivity index (χ1v) is 10.1. The van der Waals surface area contributed by atoms with Crippen molar-refractivity contribution in [2.24, 2.45) is 0 Å². The van der Waals surface area contributed by atoms with Crippen molar-refractivity contribution in [1.82, 2.24) is 9.88 Å². The summed E-state index contributed by atoms with van der Waals surface area (Å²) in [5, 5.41) is 6.21. The van der Waals surface area contributed by atoms with Crippen molar-refractivity contribution in [2.75, 3.05) is 31.6 Å². The van der Waals surface area contributed by atoms with Gasteiger partial charge in [-0.2, -0.15) is 0 Å². The van der Waals surface area contributed by atoms with E-state index in [9.17, 15) is 0 Å². The molecule has 5 heteroatoms. The Bertz CT molecular complexity index is 970. The summed E-state index contributed by atoms with van der Waals surface area (Å²) < 4.78 is 11.3. The normalized spacial score (nSPS) is 19.5. The van der Waals surface area contributed by atoms with Crippen LogP contribution in [0.2, 0.25) is 0 Å². The van der Waals surface area contributed by atoms with Gasteiger partial charge in [0.05, 0.1) is 0 Å². The standard InChI is InChI=1S/C23H25N3O2/c1-3-17-14-24-9-8-21(17)18(4-1)15-26-10-2-5-20(16-26)25-19-6-7-22-23(13-19)28-12-11-27-22/h1,3-4,6-9,13-14,20,25H,2,5,10-12,15-16H2/t20-/m0/s1. The third kappa shape index (κ3) is 3.62. The number of pyridine rings is 1. The molecule has 144 valence electrons. The Morgan fingerprint density at radius 1 is 1.07 bits per heavy atom. The van der Waals surface area contributed by atoms with Gasteiger partial charge in [-0.05, 0) is 48.5 Å². The lowest BCUT2D eigenvalue weighted by molar-refractivity contribution is 0.171. The second-order valence-corrected chi connectivity index (χ2v) is 7.59. The van der Waals surface area contributed by atoms with E-state index in [-0.39, 0.29) is 0 Å². The van der Waals surface area contributed by atoms with Crippen LogP contribution in [0.1, 0.15) is 18.4 Å². The first-order chi connectivity index (χ1) is 13.8. The summed E-state index contributed by atoms with van der Waals surface area (Å²) in [4.78, 5) is 6.80. The SMILES string of the molecule is c1cc(CN2CCC[C@H](Nc3ccc4c(c3)OCCO4)C2)c2ccncc2c1. The molecule has 0 unspecified atom stereocenters. The zero-order valence-corrected chi connectivity index (χ0v) is 15.9. The van der Waals surface area contributed by atoms with E-state index in [1.54, 1.807) is 0 Å². The topological polar surface area (TPSA) is 46.6 Å². The number of hydrogen-bond acceptors (Lipinski definition) is 5. The van der Waals surface area contributed by atoms with Crippen molar-refractivity contribution < 1.29 is 9.47 Å². The van der Waals surface area contributed by atoms with E-state index in [1.807, 2.05) is 18.5 Å². The maximum atomic E-state index is 5.71. The number of piperidine rings is 1. The number of aromatic nitrogens is 1. The summed E-state index contributed by atoms with van der Waals surface area (Å²) in [6, 6.07) is 15.2. The van der Waals surface area contributed by atoms with Crippen LogP contribution in [0.5, 0.6) is 11.5 Å². The lowest BCUT2D eigenvalue weighted by Crippen LogP contribution is -2.41. The number of likely N-dealkylation sites (tertiary alicyclic amines) is 1. The maximum Gasteiger partial charge on any atom is 0.163 e. The predicted octanol–water partition coefficient (Wildman–Crippen LogP) is 4.08. The van der Waals surface area contributed by atoms with Crippen LogP contribution < -0.4 is 14.8 Å². The quantitative estimate of drug-likeness (QED) is 0.744. The van der Waals surface area contributed by atoms with Gasteiger partial charge >= 0.3 is 0 Å². The fourth-order valence-electron chi connectivity index (χ4n) is 4.25. The van der Waals surface area contributed by atoms with Gasteiger partial charge in [0.1, 0.15) is 13.2 Å². The highest BCUT2D eigenvalue weighted by atomic mass is 16.6. The van der Waals surface area contributed by atoms with Gasteiger partial charge in [0.15, 0.2) is 11.5 Å². The summed E-state index contributed by atoms with van der Waals surface area (Å²) in [6.07, 6.45) is 6.22. The number of fused-ring (bicyclic) bond motifs is 2. The molecule has 1 aromatic heterocycles. The molecule has 5 rings (SSSR count). The third-order valence-electron chi connectivity index (χ3n) is 5.58. The molecule has 5 nitrogen and oxygen atoms in total. The van der Waals surface area contributed by atoms with Crippen LogP contribution in [0, 0.1) is 0 Å². The Balaban J connectivity index is 1.27. The molecule has 0 bridgehead atoms. The van der Waals surface area contributed by atoms with Crippen LogP contribution in [0.25, 0.3) is 10.8 Å². The fourth-order valence-corrected chi connectivity index (χ4v) is 4.25. The number of rotatable bonds is 4. The first kappa shape index (κ1) is 17.3. The molecule has 0 radical (unpaired) electrons.